The summed E-state index contributed by atoms with van der Waals surface area (Å²) in [4.78, 5) is 23.9. The summed E-state index contributed by atoms with van der Waals surface area (Å²) in [6.07, 6.45) is 9.33. The molecular weight excluding hydrogens is 484 g/mol. The summed E-state index contributed by atoms with van der Waals surface area (Å²) in [5, 5.41) is 27.1. The summed E-state index contributed by atoms with van der Waals surface area (Å²) >= 11 is 0. The van der Waals surface area contributed by atoms with E-state index in [1.807, 2.05) is 41.5 Å². The lowest BCUT2D eigenvalue weighted by atomic mass is 9.52. The first kappa shape index (κ1) is 28.0. The van der Waals surface area contributed by atoms with Crippen LogP contribution in [0.4, 0.5) is 9.59 Å². The third kappa shape index (κ3) is 6.27. The molecule has 8 saturated carbocycles. The fourth-order valence-electron chi connectivity index (χ4n) is 9.32. The summed E-state index contributed by atoms with van der Waals surface area (Å²) < 4.78 is 10.7. The Balaban J connectivity index is 0.000000155. The van der Waals surface area contributed by atoms with E-state index < -0.39 is 22.4 Å². The molecule has 0 spiro atoms. The lowest BCUT2D eigenvalue weighted by molar-refractivity contribution is -0.138. The average molecular weight is 535 g/mol. The van der Waals surface area contributed by atoms with E-state index in [2.05, 4.69) is 10.6 Å². The highest BCUT2D eigenvalue weighted by Crippen LogP contribution is 2.56. The van der Waals surface area contributed by atoms with E-state index in [0.29, 0.717) is 35.5 Å². The third-order valence-corrected chi connectivity index (χ3v) is 9.85. The van der Waals surface area contributed by atoms with Crippen LogP contribution >= 0.6 is 0 Å². The molecule has 8 rings (SSSR count). The van der Waals surface area contributed by atoms with Gasteiger partial charge in [-0.25, -0.2) is 9.59 Å². The molecular formula is C30H50N2O6. The Morgan fingerprint density at radius 2 is 0.895 bits per heavy atom. The Morgan fingerprint density at radius 1 is 0.605 bits per heavy atom. The van der Waals surface area contributed by atoms with Crippen LogP contribution in [0, 0.1) is 35.5 Å². The number of aliphatic hydroxyl groups is 2. The highest BCUT2D eigenvalue weighted by atomic mass is 16.6. The Hall–Kier alpha value is -1.54. The second kappa shape index (κ2) is 9.53. The van der Waals surface area contributed by atoms with E-state index in [1.165, 1.54) is 0 Å². The number of hydrogen-bond acceptors (Lipinski definition) is 6. The van der Waals surface area contributed by atoms with Gasteiger partial charge in [0.2, 0.25) is 0 Å². The number of carbonyl (C=O) groups is 2. The standard InChI is InChI=1S/2C15H25NO3/c2*1-14(2,3)19-13(17)16-12-10-4-9-5-11(12)8-15(18,6-9)7-10/h2*9-12,18H,4-8H2,1-3H3,(H,16,17)/t2*9?,10-,11+,12?,15?. The van der Waals surface area contributed by atoms with E-state index in [0.717, 1.165) is 64.2 Å². The summed E-state index contributed by atoms with van der Waals surface area (Å²) in [6.45, 7) is 11.3. The minimum Gasteiger partial charge on any atom is -0.444 e. The van der Waals surface area contributed by atoms with Crippen molar-refractivity contribution in [1.29, 1.82) is 0 Å². The Morgan fingerprint density at radius 3 is 1.13 bits per heavy atom. The van der Waals surface area contributed by atoms with Crippen LogP contribution in [0.15, 0.2) is 0 Å². The number of rotatable bonds is 2. The molecule has 8 bridgehead atoms. The predicted octanol–water partition coefficient (Wildman–Crippen LogP) is 4.90. The molecule has 4 N–H and O–H groups in total. The maximum Gasteiger partial charge on any atom is 0.407 e. The van der Waals surface area contributed by atoms with Crippen molar-refractivity contribution in [2.75, 3.05) is 0 Å². The summed E-state index contributed by atoms with van der Waals surface area (Å²) in [5.41, 5.74) is -1.78. The maximum atomic E-state index is 11.9. The number of alkyl carbamates (subject to hydrolysis) is 2. The molecule has 10 atom stereocenters. The first-order chi connectivity index (χ1) is 17.5. The SMILES string of the molecule is CC(C)(C)OC(=O)NC1[C@@H]2CC3C[C@H]1CC(O)(C3)C2.CC(C)(C)OC(=O)NC1[C@@H]2CC3C[C@H]1CC(O)(C3)C2. The zero-order valence-electron chi connectivity index (χ0n) is 24.2. The van der Waals surface area contributed by atoms with Crippen molar-refractivity contribution < 1.29 is 29.3 Å². The zero-order chi connectivity index (χ0) is 27.7. The molecule has 8 heteroatoms. The first-order valence-electron chi connectivity index (χ1n) is 14.9. The smallest absolute Gasteiger partial charge is 0.407 e. The molecule has 2 amide bonds. The van der Waals surface area contributed by atoms with Crippen molar-refractivity contribution in [2.45, 2.75) is 140 Å². The molecule has 38 heavy (non-hydrogen) atoms. The molecule has 0 aromatic heterocycles. The van der Waals surface area contributed by atoms with Crippen LogP contribution in [0.25, 0.3) is 0 Å². The first-order valence-corrected chi connectivity index (χ1v) is 14.9. The Bertz CT molecular complexity index is 817. The molecule has 0 saturated heterocycles. The molecule has 6 unspecified atom stereocenters. The number of nitrogens with one attached hydrogen (secondary N) is 2. The highest BCUT2D eigenvalue weighted by Gasteiger charge is 2.56. The molecule has 0 aliphatic heterocycles. The summed E-state index contributed by atoms with van der Waals surface area (Å²) in [7, 11) is 0. The minimum absolute atomic E-state index is 0.201. The largest absolute Gasteiger partial charge is 0.444 e. The lowest BCUT2D eigenvalue weighted by Crippen LogP contribution is -2.61. The van der Waals surface area contributed by atoms with Gasteiger partial charge in [0.1, 0.15) is 11.2 Å². The number of carbonyl (C=O) groups excluding carboxylic acids is 2. The summed E-state index contributed by atoms with van der Waals surface area (Å²) in [5.74, 6) is 3.07. The average Bonchev–Trinajstić information content (AvgIpc) is 2.69. The van der Waals surface area contributed by atoms with Crippen molar-refractivity contribution in [3.8, 4) is 0 Å². The van der Waals surface area contributed by atoms with Crippen LogP contribution in [-0.4, -0.2) is 56.9 Å². The molecule has 0 aromatic rings. The molecule has 8 nitrogen and oxygen atoms in total. The molecule has 8 aliphatic carbocycles. The molecule has 0 aromatic carbocycles. The third-order valence-electron chi connectivity index (χ3n) is 9.85. The minimum atomic E-state index is -0.450. The second-order valence-electron chi connectivity index (χ2n) is 15.7. The van der Waals surface area contributed by atoms with Gasteiger partial charge in [0, 0.05) is 12.1 Å². The molecule has 0 heterocycles. The van der Waals surface area contributed by atoms with Crippen LogP contribution in [-0.2, 0) is 9.47 Å². The van der Waals surface area contributed by atoms with Gasteiger partial charge in [0.05, 0.1) is 11.2 Å². The van der Waals surface area contributed by atoms with Gasteiger partial charge in [0.15, 0.2) is 0 Å². The van der Waals surface area contributed by atoms with Crippen LogP contribution < -0.4 is 10.6 Å². The topological polar surface area (TPSA) is 117 Å². The van der Waals surface area contributed by atoms with Crippen molar-refractivity contribution >= 4 is 12.2 Å². The Labute approximate surface area is 228 Å². The fourth-order valence-corrected chi connectivity index (χ4v) is 9.32. The van der Waals surface area contributed by atoms with E-state index in [1.54, 1.807) is 0 Å². The van der Waals surface area contributed by atoms with Crippen LogP contribution in [0.2, 0.25) is 0 Å². The molecule has 216 valence electrons. The zero-order valence-corrected chi connectivity index (χ0v) is 24.2. The van der Waals surface area contributed by atoms with E-state index in [-0.39, 0.29) is 24.3 Å². The monoisotopic (exact) mass is 534 g/mol. The van der Waals surface area contributed by atoms with Gasteiger partial charge >= 0.3 is 12.2 Å². The van der Waals surface area contributed by atoms with Crippen molar-refractivity contribution in [1.82, 2.24) is 10.6 Å². The van der Waals surface area contributed by atoms with E-state index in [4.69, 9.17) is 9.47 Å². The highest BCUT2D eigenvalue weighted by molar-refractivity contribution is 5.68. The van der Waals surface area contributed by atoms with Crippen LogP contribution in [0.1, 0.15) is 106 Å². The van der Waals surface area contributed by atoms with Gasteiger partial charge in [-0.1, -0.05) is 0 Å². The van der Waals surface area contributed by atoms with Gasteiger partial charge in [-0.15, -0.1) is 0 Å². The van der Waals surface area contributed by atoms with Crippen molar-refractivity contribution in [3.05, 3.63) is 0 Å². The predicted molar refractivity (Wildman–Crippen MR) is 143 cm³/mol. The summed E-state index contributed by atoms with van der Waals surface area (Å²) in [6, 6.07) is 0.401. The van der Waals surface area contributed by atoms with Gasteiger partial charge in [-0.05, 0) is 141 Å². The molecule has 0 radical (unpaired) electrons. The van der Waals surface area contributed by atoms with Crippen molar-refractivity contribution in [2.24, 2.45) is 35.5 Å². The quantitative estimate of drug-likeness (QED) is 0.400. The van der Waals surface area contributed by atoms with Gasteiger partial charge < -0.3 is 30.3 Å². The maximum absolute atomic E-state index is 11.9. The lowest BCUT2D eigenvalue weighted by Gasteiger charge is -2.57. The number of amides is 2. The van der Waals surface area contributed by atoms with Gasteiger partial charge in [-0.2, -0.15) is 0 Å². The molecule has 8 aliphatic rings. The molecule has 8 fully saturated rings. The number of ether oxygens (including phenoxy) is 2. The van der Waals surface area contributed by atoms with Gasteiger partial charge in [0.25, 0.3) is 0 Å². The van der Waals surface area contributed by atoms with Gasteiger partial charge in [-0.3, -0.25) is 0 Å². The van der Waals surface area contributed by atoms with E-state index in [9.17, 15) is 19.8 Å². The fraction of sp³-hybridized carbons (Fsp3) is 0.933. The van der Waals surface area contributed by atoms with Crippen molar-refractivity contribution in [3.63, 3.8) is 0 Å². The van der Waals surface area contributed by atoms with E-state index >= 15 is 0 Å². The number of hydrogen-bond donors (Lipinski definition) is 4. The Kier molecular flexibility index (Phi) is 7.03. The van der Waals surface area contributed by atoms with Crippen LogP contribution in [0.3, 0.4) is 0 Å². The normalized spacial score (nSPS) is 44.2. The second-order valence-corrected chi connectivity index (χ2v) is 15.7. The van der Waals surface area contributed by atoms with Crippen LogP contribution in [0.5, 0.6) is 0 Å².